The minimum absolute atomic E-state index is 0.181. The van der Waals surface area contributed by atoms with Gasteiger partial charge < -0.3 is 11.1 Å². The number of hydrogen-bond acceptors (Lipinski definition) is 2. The molecule has 1 amide bonds. The first-order valence-corrected chi connectivity index (χ1v) is 6.40. The Labute approximate surface area is 121 Å². The predicted molar refractivity (Wildman–Crippen MR) is 79.7 cm³/mol. The Morgan fingerprint density at radius 1 is 1.11 bits per heavy atom. The standard InChI is InChI=1S/C14H12Cl2N2O/c15-11-4-2-1-3-9(11)7-14(19)18-13-6-5-10(17)8-12(13)16/h1-6,8H,7,17H2,(H,18,19). The summed E-state index contributed by atoms with van der Waals surface area (Å²) in [6.45, 7) is 0. The van der Waals surface area contributed by atoms with Gasteiger partial charge in [-0.2, -0.15) is 0 Å². The van der Waals surface area contributed by atoms with E-state index in [9.17, 15) is 4.79 Å². The van der Waals surface area contributed by atoms with Gasteiger partial charge in [-0.1, -0.05) is 41.4 Å². The van der Waals surface area contributed by atoms with E-state index >= 15 is 0 Å². The van der Waals surface area contributed by atoms with Gasteiger partial charge in [-0.15, -0.1) is 0 Å². The summed E-state index contributed by atoms with van der Waals surface area (Å²) in [5.41, 5.74) is 7.44. The van der Waals surface area contributed by atoms with Gasteiger partial charge in [0.1, 0.15) is 0 Å². The number of amides is 1. The third-order valence-corrected chi connectivity index (χ3v) is 3.26. The predicted octanol–water partition coefficient (Wildman–Crippen LogP) is 3.76. The summed E-state index contributed by atoms with van der Waals surface area (Å²) >= 11 is 12.0. The van der Waals surface area contributed by atoms with Gasteiger partial charge in [0.15, 0.2) is 0 Å². The molecule has 0 saturated heterocycles. The Morgan fingerprint density at radius 3 is 2.53 bits per heavy atom. The maximum absolute atomic E-state index is 11.9. The van der Waals surface area contributed by atoms with Crippen molar-refractivity contribution in [2.45, 2.75) is 6.42 Å². The van der Waals surface area contributed by atoms with Crippen LogP contribution in [0.15, 0.2) is 42.5 Å². The second-order valence-electron chi connectivity index (χ2n) is 4.06. The van der Waals surface area contributed by atoms with Crippen molar-refractivity contribution in [3.8, 4) is 0 Å². The third kappa shape index (κ3) is 3.63. The maximum atomic E-state index is 11.9. The first kappa shape index (κ1) is 13.7. The highest BCUT2D eigenvalue weighted by atomic mass is 35.5. The largest absolute Gasteiger partial charge is 0.399 e. The Bertz CT molecular complexity index is 614. The van der Waals surface area contributed by atoms with Crippen LogP contribution in [0.4, 0.5) is 11.4 Å². The molecule has 0 fully saturated rings. The molecule has 5 heteroatoms. The minimum atomic E-state index is -0.181. The van der Waals surface area contributed by atoms with Crippen molar-refractivity contribution in [2.24, 2.45) is 0 Å². The zero-order chi connectivity index (χ0) is 13.8. The molecular weight excluding hydrogens is 283 g/mol. The van der Waals surface area contributed by atoms with Crippen LogP contribution in [0.25, 0.3) is 0 Å². The van der Waals surface area contributed by atoms with Crippen LogP contribution in [0.2, 0.25) is 10.0 Å². The average Bonchev–Trinajstić information content (AvgIpc) is 2.36. The molecule has 0 aromatic heterocycles. The zero-order valence-electron chi connectivity index (χ0n) is 9.99. The molecule has 0 heterocycles. The molecule has 0 aliphatic carbocycles. The molecule has 3 N–H and O–H groups in total. The second kappa shape index (κ2) is 5.95. The van der Waals surface area contributed by atoms with Gasteiger partial charge in [0.2, 0.25) is 5.91 Å². The van der Waals surface area contributed by atoms with E-state index in [0.717, 1.165) is 5.56 Å². The number of halogens is 2. The van der Waals surface area contributed by atoms with Gasteiger partial charge in [-0.05, 0) is 29.8 Å². The first-order valence-electron chi connectivity index (χ1n) is 5.64. The minimum Gasteiger partial charge on any atom is -0.399 e. The van der Waals surface area contributed by atoms with E-state index < -0.39 is 0 Å². The number of rotatable bonds is 3. The lowest BCUT2D eigenvalue weighted by Crippen LogP contribution is -2.15. The van der Waals surface area contributed by atoms with Crippen LogP contribution in [0.3, 0.4) is 0 Å². The lowest BCUT2D eigenvalue weighted by atomic mass is 10.1. The molecule has 3 nitrogen and oxygen atoms in total. The van der Waals surface area contributed by atoms with E-state index in [1.54, 1.807) is 24.3 Å². The third-order valence-electron chi connectivity index (χ3n) is 2.58. The molecule has 0 bridgehead atoms. The van der Waals surface area contributed by atoms with E-state index in [4.69, 9.17) is 28.9 Å². The molecule has 0 aliphatic heterocycles. The van der Waals surface area contributed by atoms with Gasteiger partial charge in [0.05, 0.1) is 17.1 Å². The molecule has 2 aromatic rings. The SMILES string of the molecule is Nc1ccc(NC(=O)Cc2ccccc2Cl)c(Cl)c1. The van der Waals surface area contributed by atoms with Crippen LogP contribution in [-0.2, 0) is 11.2 Å². The van der Waals surface area contributed by atoms with E-state index in [-0.39, 0.29) is 12.3 Å². The van der Waals surface area contributed by atoms with Crippen LogP contribution in [0.5, 0.6) is 0 Å². The fourth-order valence-corrected chi connectivity index (χ4v) is 2.08. The summed E-state index contributed by atoms with van der Waals surface area (Å²) in [4.78, 5) is 11.9. The molecule has 0 aliphatic rings. The van der Waals surface area contributed by atoms with Gasteiger partial charge in [0, 0.05) is 10.7 Å². The Kier molecular flexibility index (Phi) is 4.30. The molecule has 0 saturated carbocycles. The molecule has 98 valence electrons. The monoisotopic (exact) mass is 294 g/mol. The molecule has 0 unspecified atom stereocenters. The van der Waals surface area contributed by atoms with Crippen LogP contribution in [0.1, 0.15) is 5.56 Å². The number of nitrogens with two attached hydrogens (primary N) is 1. The number of nitrogens with one attached hydrogen (secondary N) is 1. The lowest BCUT2D eigenvalue weighted by molar-refractivity contribution is -0.115. The van der Waals surface area contributed by atoms with Crippen LogP contribution in [-0.4, -0.2) is 5.91 Å². The van der Waals surface area contributed by atoms with E-state index in [0.29, 0.717) is 21.4 Å². The summed E-state index contributed by atoms with van der Waals surface area (Å²) in [6.07, 6.45) is 0.195. The fraction of sp³-hybridized carbons (Fsp3) is 0.0714. The van der Waals surface area contributed by atoms with Gasteiger partial charge in [-0.25, -0.2) is 0 Å². The summed E-state index contributed by atoms with van der Waals surface area (Å²) in [5.74, 6) is -0.181. The Morgan fingerprint density at radius 2 is 1.84 bits per heavy atom. The van der Waals surface area contributed by atoms with E-state index in [2.05, 4.69) is 5.32 Å². The Hall–Kier alpha value is -1.71. The molecule has 2 aromatic carbocycles. The summed E-state index contributed by atoms with van der Waals surface area (Å²) in [6, 6.07) is 12.2. The smallest absolute Gasteiger partial charge is 0.228 e. The van der Waals surface area contributed by atoms with Crippen molar-refractivity contribution < 1.29 is 4.79 Å². The normalized spacial score (nSPS) is 10.2. The van der Waals surface area contributed by atoms with Crippen molar-refractivity contribution in [2.75, 3.05) is 11.1 Å². The fourth-order valence-electron chi connectivity index (χ4n) is 1.64. The average molecular weight is 295 g/mol. The molecule has 0 atom stereocenters. The van der Waals surface area contributed by atoms with Crippen molar-refractivity contribution in [1.29, 1.82) is 0 Å². The lowest BCUT2D eigenvalue weighted by Gasteiger charge is -2.08. The number of carbonyl (C=O) groups is 1. The number of anilines is 2. The number of benzene rings is 2. The van der Waals surface area contributed by atoms with Crippen LogP contribution < -0.4 is 11.1 Å². The molecule has 2 rings (SSSR count). The van der Waals surface area contributed by atoms with Gasteiger partial charge >= 0.3 is 0 Å². The van der Waals surface area contributed by atoms with Crippen molar-refractivity contribution in [1.82, 2.24) is 0 Å². The van der Waals surface area contributed by atoms with Crippen LogP contribution >= 0.6 is 23.2 Å². The topological polar surface area (TPSA) is 55.1 Å². The highest BCUT2D eigenvalue weighted by molar-refractivity contribution is 6.34. The number of nitrogen functional groups attached to an aromatic ring is 1. The van der Waals surface area contributed by atoms with E-state index in [1.165, 1.54) is 0 Å². The first-order chi connectivity index (χ1) is 9.06. The van der Waals surface area contributed by atoms with Crippen molar-refractivity contribution >= 4 is 40.5 Å². The zero-order valence-corrected chi connectivity index (χ0v) is 11.5. The summed E-state index contributed by atoms with van der Waals surface area (Å²) in [7, 11) is 0. The van der Waals surface area contributed by atoms with E-state index in [1.807, 2.05) is 18.2 Å². The van der Waals surface area contributed by atoms with Crippen LogP contribution in [0, 0.1) is 0 Å². The van der Waals surface area contributed by atoms with Gasteiger partial charge in [-0.3, -0.25) is 4.79 Å². The highest BCUT2D eigenvalue weighted by Gasteiger charge is 2.09. The number of carbonyl (C=O) groups excluding carboxylic acids is 1. The summed E-state index contributed by atoms with van der Waals surface area (Å²) < 4.78 is 0. The molecule has 0 spiro atoms. The number of hydrogen-bond donors (Lipinski definition) is 2. The molecule has 0 radical (unpaired) electrons. The van der Waals surface area contributed by atoms with Crippen molar-refractivity contribution in [3.05, 3.63) is 58.1 Å². The van der Waals surface area contributed by atoms with Crippen molar-refractivity contribution in [3.63, 3.8) is 0 Å². The van der Waals surface area contributed by atoms with Gasteiger partial charge in [0.25, 0.3) is 0 Å². The molecular formula is C14H12Cl2N2O. The highest BCUT2D eigenvalue weighted by Crippen LogP contribution is 2.24. The quantitative estimate of drug-likeness (QED) is 0.847. The second-order valence-corrected chi connectivity index (χ2v) is 4.87. The summed E-state index contributed by atoms with van der Waals surface area (Å²) in [5, 5.41) is 3.71. The maximum Gasteiger partial charge on any atom is 0.228 e. The Balaban J connectivity index is 2.08. The molecule has 19 heavy (non-hydrogen) atoms.